The highest BCUT2D eigenvalue weighted by molar-refractivity contribution is 5.97. The third-order valence-corrected chi connectivity index (χ3v) is 0. The largest absolute Gasteiger partial charge is 0.412 e. The Morgan fingerprint density at radius 3 is 1.75 bits per heavy atom. The quantitative estimate of drug-likeness (QED) is 0.255. The van der Waals surface area contributed by atoms with Crippen LogP contribution in [0.2, 0.25) is 0 Å². The molecule has 0 saturated carbocycles. The standard InChI is InChI=1S/H5NOSi.H2O/c1-2-3;/h1H2,3H3;1H2. The van der Waals surface area contributed by atoms with Crippen molar-refractivity contribution in [2.24, 2.45) is 5.90 Å². The predicted octanol–water partition coefficient (Wildman–Crippen LogP) is -2.67. The summed E-state index contributed by atoms with van der Waals surface area (Å²) < 4.78 is 3.89. The zero-order valence-electron chi connectivity index (χ0n) is 2.49. The second-order valence-electron chi connectivity index (χ2n) is 0.236. The van der Waals surface area contributed by atoms with Gasteiger partial charge in [0, 0.05) is 0 Å². The molecule has 3 nitrogen and oxygen atoms in total. The van der Waals surface area contributed by atoms with Gasteiger partial charge in [0.2, 0.25) is 0 Å². The highest BCUT2D eigenvalue weighted by atomic mass is 28.2. The van der Waals surface area contributed by atoms with E-state index in [0.29, 0.717) is 10.5 Å². The van der Waals surface area contributed by atoms with E-state index in [-0.39, 0.29) is 5.48 Å². The summed E-state index contributed by atoms with van der Waals surface area (Å²) in [5.74, 6) is 4.41. The SMILES string of the molecule is NO[SiH3].O. The van der Waals surface area contributed by atoms with Crippen molar-refractivity contribution in [1.29, 1.82) is 0 Å². The maximum Gasteiger partial charge on any atom is 0.174 e. The van der Waals surface area contributed by atoms with E-state index in [9.17, 15) is 0 Å². The molecule has 0 rings (SSSR count). The molecule has 0 saturated heterocycles. The van der Waals surface area contributed by atoms with Crippen LogP contribution in [0.3, 0.4) is 0 Å². The van der Waals surface area contributed by atoms with E-state index in [4.69, 9.17) is 0 Å². The van der Waals surface area contributed by atoms with Gasteiger partial charge in [0.05, 0.1) is 0 Å². The van der Waals surface area contributed by atoms with Gasteiger partial charge in [-0.1, -0.05) is 0 Å². The average Bonchev–Trinajstić information content (AvgIpc) is 0.918. The monoisotopic (exact) mass is 81.0 g/mol. The summed E-state index contributed by atoms with van der Waals surface area (Å²) in [5.41, 5.74) is 0. The first-order chi connectivity index (χ1) is 1.41. The first-order valence-electron chi connectivity index (χ1n) is 0.644. The van der Waals surface area contributed by atoms with Crippen LogP contribution in [0.25, 0.3) is 0 Å². The van der Waals surface area contributed by atoms with E-state index in [2.05, 4.69) is 10.4 Å². The molecule has 0 fully saturated rings. The topological polar surface area (TPSA) is 66.8 Å². The van der Waals surface area contributed by atoms with Gasteiger partial charge in [-0.2, -0.15) is 0 Å². The lowest BCUT2D eigenvalue weighted by Gasteiger charge is -1.63. The van der Waals surface area contributed by atoms with Gasteiger partial charge in [0.15, 0.2) is 10.5 Å². The van der Waals surface area contributed by atoms with E-state index in [1.807, 2.05) is 0 Å². The van der Waals surface area contributed by atoms with Gasteiger partial charge in [-0.25, -0.2) is 5.90 Å². The zero-order valence-corrected chi connectivity index (χ0v) is 4.49. The molecule has 0 aromatic heterocycles. The lowest BCUT2D eigenvalue weighted by Crippen LogP contribution is -1.89. The second-order valence-corrected chi connectivity index (χ2v) is 0.707. The maximum absolute atomic E-state index is 4.41. The third-order valence-electron chi connectivity index (χ3n) is 0. The summed E-state index contributed by atoms with van der Waals surface area (Å²) in [4.78, 5) is 0. The molecule has 0 aliphatic rings. The lowest BCUT2D eigenvalue weighted by molar-refractivity contribution is 0.371. The normalized spacial score (nSPS) is 5.25. The molecule has 0 aliphatic heterocycles. The fourth-order valence-electron chi connectivity index (χ4n) is 0. The Morgan fingerprint density at radius 2 is 1.75 bits per heavy atom. The lowest BCUT2D eigenvalue weighted by atomic mass is 13.6. The summed E-state index contributed by atoms with van der Waals surface area (Å²) in [6.07, 6.45) is 0. The fraction of sp³-hybridized carbons (Fsp3) is 0. The fourth-order valence-corrected chi connectivity index (χ4v) is 0. The van der Waals surface area contributed by atoms with Crippen molar-refractivity contribution in [1.82, 2.24) is 0 Å². The van der Waals surface area contributed by atoms with Crippen molar-refractivity contribution in [3.63, 3.8) is 0 Å². The van der Waals surface area contributed by atoms with Crippen LogP contribution in [0.4, 0.5) is 0 Å². The van der Waals surface area contributed by atoms with Gasteiger partial charge in [0.25, 0.3) is 0 Å². The van der Waals surface area contributed by atoms with E-state index in [1.165, 1.54) is 0 Å². The Bertz CT molecular complexity index is 6.00. The minimum absolute atomic E-state index is 0. The Morgan fingerprint density at radius 1 is 1.75 bits per heavy atom. The van der Waals surface area contributed by atoms with Crippen LogP contribution in [0.1, 0.15) is 0 Å². The average molecular weight is 81.1 g/mol. The summed E-state index contributed by atoms with van der Waals surface area (Å²) in [5, 5.41) is 0. The van der Waals surface area contributed by atoms with Crippen LogP contribution in [-0.4, -0.2) is 16.0 Å². The minimum Gasteiger partial charge on any atom is -0.412 e. The molecule has 0 aliphatic carbocycles. The van der Waals surface area contributed by atoms with Crippen molar-refractivity contribution in [3.05, 3.63) is 0 Å². The van der Waals surface area contributed by atoms with Gasteiger partial charge < -0.3 is 10.0 Å². The van der Waals surface area contributed by atoms with Gasteiger partial charge in [-0.15, -0.1) is 0 Å². The smallest absolute Gasteiger partial charge is 0.174 e. The van der Waals surface area contributed by atoms with Crippen molar-refractivity contribution >= 4 is 10.5 Å². The molecule has 0 radical (unpaired) electrons. The van der Waals surface area contributed by atoms with Gasteiger partial charge >= 0.3 is 0 Å². The predicted molar refractivity (Wildman–Crippen MR) is 18.8 cm³/mol. The molecular formula is H7NO2Si. The van der Waals surface area contributed by atoms with Crippen molar-refractivity contribution < 1.29 is 10.0 Å². The molecule has 0 bridgehead atoms. The van der Waals surface area contributed by atoms with Gasteiger partial charge in [-0.05, 0) is 0 Å². The number of hydrogen-bond acceptors (Lipinski definition) is 2. The third kappa shape index (κ3) is 269. The van der Waals surface area contributed by atoms with Gasteiger partial charge in [0.1, 0.15) is 0 Å². The molecule has 0 heterocycles. The molecular weight excluding hydrogens is 74.1 g/mol. The number of hydrogen-bond donors (Lipinski definition) is 1. The molecule has 0 unspecified atom stereocenters. The highest BCUT2D eigenvalue weighted by Crippen LogP contribution is 1.09. The summed E-state index contributed by atoms with van der Waals surface area (Å²) in [6, 6.07) is 0. The molecule has 0 atom stereocenters. The Balaban J connectivity index is 0. The van der Waals surface area contributed by atoms with Gasteiger partial charge in [-0.3, -0.25) is 0 Å². The molecule has 0 spiro atoms. The molecule has 0 aromatic rings. The summed E-state index contributed by atoms with van der Waals surface area (Å²) in [6.45, 7) is 0. The highest BCUT2D eigenvalue weighted by Gasteiger charge is 1.25. The maximum atomic E-state index is 4.41. The van der Waals surface area contributed by atoms with Crippen molar-refractivity contribution in [2.75, 3.05) is 0 Å². The van der Waals surface area contributed by atoms with E-state index in [1.54, 1.807) is 0 Å². The molecule has 0 amide bonds. The Labute approximate surface area is 27.6 Å². The van der Waals surface area contributed by atoms with Crippen LogP contribution in [0.5, 0.6) is 0 Å². The van der Waals surface area contributed by atoms with E-state index < -0.39 is 0 Å². The summed E-state index contributed by atoms with van der Waals surface area (Å²) >= 11 is 0. The Hall–Kier alpha value is 0.0969. The first-order valence-corrected chi connectivity index (χ1v) is 1.46. The minimum atomic E-state index is 0. The van der Waals surface area contributed by atoms with Crippen LogP contribution >= 0.6 is 0 Å². The summed E-state index contributed by atoms with van der Waals surface area (Å²) in [7, 11) is 0.647. The van der Waals surface area contributed by atoms with Crippen LogP contribution in [-0.2, 0) is 4.53 Å². The first kappa shape index (κ1) is 8.94. The van der Waals surface area contributed by atoms with Crippen LogP contribution < -0.4 is 5.90 Å². The number of nitrogens with two attached hydrogens (primary N) is 1. The van der Waals surface area contributed by atoms with Crippen LogP contribution in [0, 0.1) is 0 Å². The molecule has 4 heavy (non-hydrogen) atoms. The molecule has 0 aromatic carbocycles. The van der Waals surface area contributed by atoms with Crippen molar-refractivity contribution in [2.45, 2.75) is 0 Å². The molecule has 4 N–H and O–H groups in total. The van der Waals surface area contributed by atoms with Crippen molar-refractivity contribution in [3.8, 4) is 0 Å². The molecule has 28 valence electrons. The second kappa shape index (κ2) is 11.3. The van der Waals surface area contributed by atoms with E-state index >= 15 is 0 Å². The number of rotatable bonds is 0. The van der Waals surface area contributed by atoms with E-state index in [0.717, 1.165) is 0 Å². The molecule has 4 heteroatoms. The Kier molecular flexibility index (Phi) is 25.3. The zero-order chi connectivity index (χ0) is 2.71. The van der Waals surface area contributed by atoms with Crippen LogP contribution in [0.15, 0.2) is 0 Å².